The molecule has 2 aromatic rings. The van der Waals surface area contributed by atoms with Crippen LogP contribution in [-0.2, 0) is 4.79 Å². The number of amides is 1. The molecule has 3 rings (SSSR count). The van der Waals surface area contributed by atoms with Crippen LogP contribution >= 0.6 is 11.8 Å². The third-order valence-electron chi connectivity index (χ3n) is 3.46. The van der Waals surface area contributed by atoms with E-state index in [0.717, 1.165) is 16.8 Å². The van der Waals surface area contributed by atoms with Crippen molar-refractivity contribution in [3.05, 3.63) is 58.5 Å². The molecule has 0 spiro atoms. The van der Waals surface area contributed by atoms with Crippen molar-refractivity contribution >= 4 is 34.6 Å². The van der Waals surface area contributed by atoms with E-state index in [1.807, 2.05) is 38.1 Å². The molecule has 0 radical (unpaired) electrons. The van der Waals surface area contributed by atoms with Gasteiger partial charge in [0.05, 0.1) is 17.2 Å². The molecular weight excluding hydrogens is 336 g/mol. The van der Waals surface area contributed by atoms with Crippen LogP contribution in [0.3, 0.4) is 0 Å². The molecule has 0 aromatic heterocycles. The molecule has 1 fully saturated rings. The van der Waals surface area contributed by atoms with E-state index in [1.165, 1.54) is 11.8 Å². The highest BCUT2D eigenvalue weighted by Crippen LogP contribution is 2.31. The summed E-state index contributed by atoms with van der Waals surface area (Å²) in [6, 6.07) is 12.8. The monoisotopic (exact) mass is 354 g/mol. The van der Waals surface area contributed by atoms with Crippen LogP contribution in [0.5, 0.6) is 11.5 Å². The normalized spacial score (nSPS) is 17.1. The van der Waals surface area contributed by atoms with Crippen LogP contribution in [0.4, 0.5) is 5.69 Å². The van der Waals surface area contributed by atoms with Crippen LogP contribution in [0.2, 0.25) is 0 Å². The third-order valence-corrected chi connectivity index (χ3v) is 4.37. The largest absolute Gasteiger partial charge is 0.504 e. The van der Waals surface area contributed by atoms with E-state index >= 15 is 0 Å². The molecule has 25 heavy (non-hydrogen) atoms. The second-order valence-corrected chi connectivity index (χ2v) is 6.51. The number of hydrogen-bond acceptors (Lipinski definition) is 5. The fourth-order valence-corrected chi connectivity index (χ4v) is 3.18. The molecule has 0 aliphatic carbocycles. The summed E-state index contributed by atoms with van der Waals surface area (Å²) in [4.78, 5) is 17.2. The van der Waals surface area contributed by atoms with Crippen molar-refractivity contribution in [3.8, 4) is 11.5 Å². The van der Waals surface area contributed by atoms with E-state index in [4.69, 9.17) is 4.74 Å². The maximum atomic E-state index is 12.2. The van der Waals surface area contributed by atoms with Crippen molar-refractivity contribution in [1.82, 2.24) is 5.32 Å². The Morgan fingerprint density at radius 3 is 2.88 bits per heavy atom. The first kappa shape index (κ1) is 17.1. The number of hydrogen-bond donors (Lipinski definition) is 2. The number of aliphatic imine (C=N–C) groups is 1. The van der Waals surface area contributed by atoms with Gasteiger partial charge in [-0.3, -0.25) is 4.79 Å². The Kier molecular flexibility index (Phi) is 5.09. The number of nitrogens with one attached hydrogen (secondary N) is 1. The number of aryl methyl sites for hydroxylation is 1. The highest BCUT2D eigenvalue weighted by atomic mass is 32.2. The fraction of sp³-hybridized carbons (Fsp3) is 0.158. The summed E-state index contributed by atoms with van der Waals surface area (Å²) in [7, 11) is 0. The smallest absolute Gasteiger partial charge is 0.264 e. The molecule has 1 amide bonds. The molecule has 5 nitrogen and oxygen atoms in total. The van der Waals surface area contributed by atoms with E-state index in [9.17, 15) is 9.90 Å². The van der Waals surface area contributed by atoms with E-state index in [1.54, 1.807) is 24.3 Å². The zero-order chi connectivity index (χ0) is 17.8. The summed E-state index contributed by atoms with van der Waals surface area (Å²) in [5, 5.41) is 13.1. The number of rotatable bonds is 4. The predicted octanol–water partition coefficient (Wildman–Crippen LogP) is 3.99. The number of amidine groups is 1. The Bertz CT molecular complexity index is 875. The van der Waals surface area contributed by atoms with Gasteiger partial charge in [-0.2, -0.15) is 0 Å². The molecule has 0 bridgehead atoms. The van der Waals surface area contributed by atoms with Gasteiger partial charge in [0.1, 0.15) is 0 Å². The lowest BCUT2D eigenvalue weighted by Crippen LogP contribution is -2.19. The van der Waals surface area contributed by atoms with Gasteiger partial charge >= 0.3 is 0 Å². The minimum Gasteiger partial charge on any atom is -0.504 e. The molecule has 1 aliphatic heterocycles. The van der Waals surface area contributed by atoms with Crippen molar-refractivity contribution in [2.75, 3.05) is 6.61 Å². The average Bonchev–Trinajstić information content (AvgIpc) is 2.90. The lowest BCUT2D eigenvalue weighted by Gasteiger charge is -2.06. The Morgan fingerprint density at radius 1 is 1.28 bits per heavy atom. The Hall–Kier alpha value is -2.73. The lowest BCUT2D eigenvalue weighted by molar-refractivity contribution is -0.115. The first-order valence-corrected chi connectivity index (χ1v) is 8.69. The highest BCUT2D eigenvalue weighted by Gasteiger charge is 2.23. The first-order valence-electron chi connectivity index (χ1n) is 7.87. The maximum absolute atomic E-state index is 12.2. The highest BCUT2D eigenvalue weighted by molar-refractivity contribution is 8.18. The molecule has 1 aliphatic rings. The summed E-state index contributed by atoms with van der Waals surface area (Å²) < 4.78 is 5.37. The summed E-state index contributed by atoms with van der Waals surface area (Å²) >= 11 is 1.28. The summed E-state index contributed by atoms with van der Waals surface area (Å²) in [5.41, 5.74) is 2.68. The van der Waals surface area contributed by atoms with E-state index in [2.05, 4.69) is 10.3 Å². The summed E-state index contributed by atoms with van der Waals surface area (Å²) in [6.07, 6.45) is 1.75. The minimum absolute atomic E-state index is 0.0780. The minimum atomic E-state index is -0.192. The maximum Gasteiger partial charge on any atom is 0.264 e. The number of nitrogens with zero attached hydrogens (tertiary/aromatic N) is 1. The average molecular weight is 354 g/mol. The number of phenolic OH excluding ortho intramolecular Hbond substituents is 1. The third kappa shape index (κ3) is 4.22. The van der Waals surface area contributed by atoms with Gasteiger partial charge in [-0.1, -0.05) is 18.2 Å². The molecule has 1 saturated heterocycles. The number of ether oxygens (including phenoxy) is 1. The Labute approximate surface area is 150 Å². The van der Waals surface area contributed by atoms with Gasteiger partial charge in [0, 0.05) is 0 Å². The van der Waals surface area contributed by atoms with Gasteiger partial charge in [-0.25, -0.2) is 4.99 Å². The molecular formula is C19H18N2O3S. The van der Waals surface area contributed by atoms with Crippen LogP contribution in [0.1, 0.15) is 18.1 Å². The van der Waals surface area contributed by atoms with Crippen molar-refractivity contribution in [2.45, 2.75) is 13.8 Å². The van der Waals surface area contributed by atoms with Crippen molar-refractivity contribution in [2.24, 2.45) is 4.99 Å². The number of thioether (sulfide) groups is 1. The zero-order valence-electron chi connectivity index (χ0n) is 13.9. The quantitative estimate of drug-likeness (QED) is 0.815. The van der Waals surface area contributed by atoms with Gasteiger partial charge in [-0.15, -0.1) is 0 Å². The van der Waals surface area contributed by atoms with Gasteiger partial charge in [0.2, 0.25) is 0 Å². The topological polar surface area (TPSA) is 70.9 Å². The fourth-order valence-electron chi connectivity index (χ4n) is 2.34. The summed E-state index contributed by atoms with van der Waals surface area (Å²) in [5.74, 6) is 0.283. The van der Waals surface area contributed by atoms with Gasteiger partial charge in [0.15, 0.2) is 16.7 Å². The van der Waals surface area contributed by atoms with Crippen LogP contribution in [0.25, 0.3) is 6.08 Å². The van der Waals surface area contributed by atoms with Crippen LogP contribution in [-0.4, -0.2) is 22.8 Å². The van der Waals surface area contributed by atoms with Crippen molar-refractivity contribution in [1.29, 1.82) is 0 Å². The number of carbonyl (C=O) groups is 1. The molecule has 2 aromatic carbocycles. The Morgan fingerprint density at radius 2 is 2.12 bits per heavy atom. The van der Waals surface area contributed by atoms with Crippen molar-refractivity contribution in [3.63, 3.8) is 0 Å². The lowest BCUT2D eigenvalue weighted by atomic mass is 10.2. The number of aromatic hydroxyl groups is 1. The van der Waals surface area contributed by atoms with Gasteiger partial charge < -0.3 is 15.2 Å². The zero-order valence-corrected chi connectivity index (χ0v) is 14.8. The van der Waals surface area contributed by atoms with Crippen LogP contribution in [0, 0.1) is 6.92 Å². The van der Waals surface area contributed by atoms with E-state index in [0.29, 0.717) is 22.4 Å². The molecule has 0 atom stereocenters. The Balaban J connectivity index is 1.83. The van der Waals surface area contributed by atoms with Crippen LogP contribution < -0.4 is 10.1 Å². The standard InChI is InChI=1S/C19H18N2O3S/c1-3-24-16-10-13(7-8-15(16)22)11-17-18(23)21-19(25-17)20-14-6-4-5-12(2)9-14/h4-11,22H,3H2,1-2H3,(H,20,21,23). The number of benzene rings is 2. The van der Waals surface area contributed by atoms with Crippen LogP contribution in [0.15, 0.2) is 52.4 Å². The number of phenols is 1. The first-order chi connectivity index (χ1) is 12.0. The molecule has 0 unspecified atom stereocenters. The number of carbonyl (C=O) groups excluding carboxylic acids is 1. The van der Waals surface area contributed by atoms with E-state index < -0.39 is 0 Å². The SMILES string of the molecule is CCOc1cc(C=C2SC(=Nc3cccc(C)c3)NC2=O)ccc1O. The summed E-state index contributed by atoms with van der Waals surface area (Å²) in [6.45, 7) is 4.30. The molecule has 128 valence electrons. The van der Waals surface area contributed by atoms with Crippen molar-refractivity contribution < 1.29 is 14.6 Å². The molecule has 6 heteroatoms. The van der Waals surface area contributed by atoms with Gasteiger partial charge in [-0.05, 0) is 67.1 Å². The molecule has 0 saturated carbocycles. The second kappa shape index (κ2) is 7.44. The van der Waals surface area contributed by atoms with Gasteiger partial charge in [0.25, 0.3) is 5.91 Å². The predicted molar refractivity (Wildman–Crippen MR) is 101 cm³/mol. The molecule has 1 heterocycles. The van der Waals surface area contributed by atoms with E-state index in [-0.39, 0.29) is 11.7 Å². The molecule has 2 N–H and O–H groups in total. The second-order valence-electron chi connectivity index (χ2n) is 5.48.